The maximum atomic E-state index is 15.2. The Morgan fingerprint density at radius 2 is 1.23 bits per heavy atom. The Labute approximate surface area is 281 Å². The molecule has 1 atom stereocenters. The minimum absolute atomic E-state index is 0.0937. The van der Waals surface area contributed by atoms with Crippen molar-refractivity contribution in [2.45, 2.75) is 59.9 Å². The van der Waals surface area contributed by atoms with Crippen LogP contribution in [0, 0.1) is 31.0 Å². The minimum atomic E-state index is -0.548. The Bertz CT molecular complexity index is 2150. The van der Waals surface area contributed by atoms with Crippen molar-refractivity contribution in [2.24, 2.45) is 5.41 Å². The van der Waals surface area contributed by atoms with E-state index < -0.39 is 5.92 Å². The molecule has 0 spiro atoms. The van der Waals surface area contributed by atoms with Crippen LogP contribution in [0.2, 0.25) is 0 Å². The van der Waals surface area contributed by atoms with E-state index in [-0.39, 0.29) is 16.8 Å². The zero-order valence-corrected chi connectivity index (χ0v) is 28.4. The monoisotopic (exact) mass is 637 g/mol. The summed E-state index contributed by atoms with van der Waals surface area (Å²) in [6.07, 6.45) is 1.12. The van der Waals surface area contributed by atoms with Gasteiger partial charge in [0.05, 0.1) is 11.3 Å². The van der Waals surface area contributed by atoms with E-state index in [4.69, 9.17) is 12.2 Å². The molecule has 5 aromatic rings. The summed E-state index contributed by atoms with van der Waals surface area (Å²) in [7, 11) is 0. The zero-order valence-electron chi connectivity index (χ0n) is 27.6. The second-order valence-corrected chi connectivity index (χ2v) is 14.2. The minimum Gasteiger partial charge on any atom is -0.326 e. The molecule has 5 nitrogen and oxygen atoms in total. The van der Waals surface area contributed by atoms with E-state index >= 15 is 4.79 Å². The number of allylic oxidation sites excluding steroid dienone is 2. The van der Waals surface area contributed by atoms with Crippen LogP contribution in [0.5, 0.6) is 0 Å². The molecule has 1 aromatic heterocycles. The average Bonchev–Trinajstić information content (AvgIpc) is 3.04. The third-order valence-corrected chi connectivity index (χ3v) is 9.87. The Balaban J connectivity index is 1.66. The van der Waals surface area contributed by atoms with Gasteiger partial charge >= 0.3 is 0 Å². The summed E-state index contributed by atoms with van der Waals surface area (Å²) < 4.78 is 4.09. The van der Waals surface area contributed by atoms with Crippen molar-refractivity contribution in [1.82, 2.24) is 9.13 Å². The molecule has 0 fully saturated rings. The standard InChI is InChI=1S/C41H39N3O2S/c1-26-11-17-30(18-12-26)35-36-33(23-41(4,5)24-34(36)45)42(25-29-9-7-6-8-10-29)38-37(35)39(46)44(32-21-15-28(3)16-22-32)40(47)43(38)31-19-13-27(2)14-20-31/h6-22,35H,23-25H2,1-5H3. The predicted octanol–water partition coefficient (Wildman–Crippen LogP) is 9.08. The largest absolute Gasteiger partial charge is 0.326 e. The third-order valence-electron chi connectivity index (χ3n) is 9.50. The Kier molecular flexibility index (Phi) is 7.72. The highest BCUT2D eigenvalue weighted by molar-refractivity contribution is 7.71. The van der Waals surface area contributed by atoms with Gasteiger partial charge in [0.2, 0.25) is 0 Å². The first-order chi connectivity index (χ1) is 22.5. The van der Waals surface area contributed by atoms with Crippen molar-refractivity contribution in [3.05, 3.63) is 163 Å². The van der Waals surface area contributed by atoms with Crippen molar-refractivity contribution in [3.63, 3.8) is 0 Å². The molecule has 0 N–H and O–H groups in total. The van der Waals surface area contributed by atoms with Gasteiger partial charge in [-0.1, -0.05) is 109 Å². The molecular weight excluding hydrogens is 599 g/mol. The number of nitrogens with zero attached hydrogens (tertiary/aromatic N) is 3. The van der Waals surface area contributed by atoms with Gasteiger partial charge in [0, 0.05) is 35.8 Å². The third kappa shape index (κ3) is 5.51. The first-order valence-corrected chi connectivity index (χ1v) is 16.6. The van der Waals surface area contributed by atoms with Crippen LogP contribution in [0.4, 0.5) is 5.82 Å². The Morgan fingerprint density at radius 3 is 1.81 bits per heavy atom. The van der Waals surface area contributed by atoms with E-state index in [1.54, 1.807) is 4.57 Å². The molecule has 0 saturated carbocycles. The smallest absolute Gasteiger partial charge is 0.265 e. The zero-order chi connectivity index (χ0) is 33.0. The highest BCUT2D eigenvalue weighted by Crippen LogP contribution is 2.51. The van der Waals surface area contributed by atoms with Crippen LogP contribution in [0.1, 0.15) is 66.0 Å². The fourth-order valence-electron chi connectivity index (χ4n) is 7.15. The van der Waals surface area contributed by atoms with Gasteiger partial charge in [-0.15, -0.1) is 0 Å². The molecule has 47 heavy (non-hydrogen) atoms. The lowest BCUT2D eigenvalue weighted by Gasteiger charge is -2.45. The highest BCUT2D eigenvalue weighted by Gasteiger charge is 2.46. The molecule has 4 aromatic carbocycles. The lowest BCUT2D eigenvalue weighted by molar-refractivity contribution is -0.118. The summed E-state index contributed by atoms with van der Waals surface area (Å²) >= 11 is 6.32. The molecule has 2 aliphatic rings. The topological polar surface area (TPSA) is 47.2 Å². The van der Waals surface area contributed by atoms with Crippen LogP contribution in [0.25, 0.3) is 11.4 Å². The molecule has 0 saturated heterocycles. The SMILES string of the molecule is Cc1ccc(C2C3=C(CC(C)(C)CC3=O)N(Cc3ccccc3)c3c2c(=O)n(-c2ccc(C)cc2)c(=S)n3-c2ccc(C)cc2)cc1. The Morgan fingerprint density at radius 1 is 0.702 bits per heavy atom. The van der Waals surface area contributed by atoms with E-state index in [2.05, 4.69) is 97.8 Å². The van der Waals surface area contributed by atoms with Crippen molar-refractivity contribution in [3.8, 4) is 11.4 Å². The molecule has 1 unspecified atom stereocenters. The van der Waals surface area contributed by atoms with Gasteiger partial charge in [-0.2, -0.15) is 0 Å². The number of hydrogen-bond acceptors (Lipinski definition) is 4. The highest BCUT2D eigenvalue weighted by atomic mass is 32.1. The number of carbonyl (C=O) groups excluding carboxylic acids is 1. The Hall–Kier alpha value is -4.81. The summed E-state index contributed by atoms with van der Waals surface area (Å²) in [6, 6.07) is 34.7. The van der Waals surface area contributed by atoms with E-state index in [0.717, 1.165) is 50.6 Å². The number of hydrogen-bond donors (Lipinski definition) is 0. The number of aryl methyl sites for hydroxylation is 3. The van der Waals surface area contributed by atoms with Crippen LogP contribution in [0.15, 0.2) is 119 Å². The quantitative estimate of drug-likeness (QED) is 0.180. The molecule has 6 heteroatoms. The van der Waals surface area contributed by atoms with Gasteiger partial charge in [0.25, 0.3) is 5.56 Å². The number of benzene rings is 4. The van der Waals surface area contributed by atoms with Gasteiger partial charge in [-0.25, -0.2) is 0 Å². The van der Waals surface area contributed by atoms with Crippen molar-refractivity contribution < 1.29 is 4.79 Å². The second kappa shape index (κ2) is 11.8. The molecule has 1 aliphatic carbocycles. The van der Waals surface area contributed by atoms with Crippen LogP contribution < -0.4 is 10.5 Å². The molecule has 236 valence electrons. The summed E-state index contributed by atoms with van der Waals surface area (Å²) in [5.74, 6) is 0.273. The second-order valence-electron chi connectivity index (χ2n) is 13.9. The van der Waals surface area contributed by atoms with Crippen LogP contribution >= 0.6 is 12.2 Å². The number of ketones is 1. The molecule has 2 heterocycles. The predicted molar refractivity (Wildman–Crippen MR) is 192 cm³/mol. The first-order valence-electron chi connectivity index (χ1n) is 16.2. The number of anilines is 1. The molecular formula is C41H39N3O2S. The van der Waals surface area contributed by atoms with E-state index in [1.807, 2.05) is 49.4 Å². The van der Waals surface area contributed by atoms with Gasteiger partial charge in [0.1, 0.15) is 5.82 Å². The number of Topliss-reactive ketones (excluding diaryl/α,β-unsaturated/α-hetero) is 1. The van der Waals surface area contributed by atoms with E-state index in [0.29, 0.717) is 35.4 Å². The maximum Gasteiger partial charge on any atom is 0.265 e. The van der Waals surface area contributed by atoms with E-state index in [9.17, 15) is 4.79 Å². The molecule has 0 amide bonds. The number of fused-ring (bicyclic) bond motifs is 1. The van der Waals surface area contributed by atoms with Gasteiger partial charge in [-0.05, 0) is 80.2 Å². The first kappa shape index (κ1) is 30.8. The lowest BCUT2D eigenvalue weighted by atomic mass is 9.68. The number of aromatic nitrogens is 2. The fraction of sp³-hybridized carbons (Fsp3) is 0.244. The molecule has 1 aliphatic heterocycles. The fourth-order valence-corrected chi connectivity index (χ4v) is 7.53. The summed E-state index contributed by atoms with van der Waals surface area (Å²) in [4.78, 5) is 31.9. The van der Waals surface area contributed by atoms with Gasteiger partial charge in [-0.3, -0.25) is 18.7 Å². The van der Waals surface area contributed by atoms with Gasteiger partial charge in [0.15, 0.2) is 10.6 Å². The van der Waals surface area contributed by atoms with Gasteiger partial charge < -0.3 is 4.90 Å². The number of carbonyl (C=O) groups is 1. The summed E-state index contributed by atoms with van der Waals surface area (Å²) in [5, 5.41) is 0. The molecule has 0 radical (unpaired) electrons. The van der Waals surface area contributed by atoms with Crippen molar-refractivity contribution in [1.29, 1.82) is 0 Å². The summed E-state index contributed by atoms with van der Waals surface area (Å²) in [5.41, 5.74) is 8.71. The lowest BCUT2D eigenvalue weighted by Crippen LogP contribution is -2.44. The van der Waals surface area contributed by atoms with E-state index in [1.165, 1.54) is 0 Å². The maximum absolute atomic E-state index is 15.2. The van der Waals surface area contributed by atoms with Crippen LogP contribution in [0.3, 0.4) is 0 Å². The normalized spacial score (nSPS) is 17.0. The number of rotatable bonds is 5. The average molecular weight is 638 g/mol. The summed E-state index contributed by atoms with van der Waals surface area (Å²) in [6.45, 7) is 11.0. The molecule has 0 bridgehead atoms. The molecule has 7 rings (SSSR count). The van der Waals surface area contributed by atoms with Crippen molar-refractivity contribution >= 4 is 23.8 Å². The van der Waals surface area contributed by atoms with Crippen LogP contribution in [-0.4, -0.2) is 14.9 Å². The van der Waals surface area contributed by atoms with Crippen LogP contribution in [-0.2, 0) is 11.3 Å². The van der Waals surface area contributed by atoms with Crippen molar-refractivity contribution in [2.75, 3.05) is 4.90 Å².